The van der Waals surface area contributed by atoms with Gasteiger partial charge in [-0.2, -0.15) is 0 Å². The van der Waals surface area contributed by atoms with E-state index in [1.165, 1.54) is 5.56 Å². The topological polar surface area (TPSA) is 58.9 Å². The first kappa shape index (κ1) is 24.8. The van der Waals surface area contributed by atoms with Crippen molar-refractivity contribution in [1.29, 1.82) is 0 Å². The van der Waals surface area contributed by atoms with Crippen LogP contribution in [-0.4, -0.2) is 59.8 Å². The molecule has 0 aromatic heterocycles. The largest absolute Gasteiger partial charge is 0.491 e. The summed E-state index contributed by atoms with van der Waals surface area (Å²) >= 11 is 0. The number of aliphatic hydroxyl groups is 2. The average Bonchev–Trinajstić information content (AvgIpc) is 2.83. The summed E-state index contributed by atoms with van der Waals surface area (Å²) in [7, 11) is 0. The Morgan fingerprint density at radius 1 is 0.667 bits per heavy atom. The zero-order chi connectivity index (χ0) is 23.4. The lowest BCUT2D eigenvalue weighted by molar-refractivity contribution is -0.946. The molecule has 3 aromatic carbocycles. The molecule has 2 atom stereocenters. The van der Waals surface area contributed by atoms with Gasteiger partial charge in [0.15, 0.2) is 0 Å². The molecule has 0 bridgehead atoms. The Hall–Kier alpha value is -2.86. The van der Waals surface area contributed by atoms with E-state index < -0.39 is 12.2 Å². The van der Waals surface area contributed by atoms with Crippen LogP contribution in [0.15, 0.2) is 91.0 Å². The third kappa shape index (κ3) is 8.54. The summed E-state index contributed by atoms with van der Waals surface area (Å²) in [4.78, 5) is 0. The molecule has 5 nitrogen and oxygen atoms in total. The van der Waals surface area contributed by atoms with Crippen LogP contribution in [0.4, 0.5) is 0 Å². The normalized spacial score (nSPS) is 13.3. The van der Waals surface area contributed by atoms with Crippen LogP contribution >= 0.6 is 0 Å². The highest BCUT2D eigenvalue weighted by atomic mass is 16.5. The van der Waals surface area contributed by atoms with Crippen LogP contribution in [0.25, 0.3) is 0 Å². The maximum absolute atomic E-state index is 10.9. The summed E-state index contributed by atoms with van der Waals surface area (Å²) < 4.78 is 12.2. The predicted molar refractivity (Wildman–Crippen MR) is 131 cm³/mol. The molecule has 0 saturated heterocycles. The molecule has 33 heavy (non-hydrogen) atoms. The van der Waals surface area contributed by atoms with Gasteiger partial charge in [0.25, 0.3) is 0 Å². The van der Waals surface area contributed by atoms with Crippen LogP contribution in [0.2, 0.25) is 0 Å². The van der Waals surface area contributed by atoms with E-state index in [4.69, 9.17) is 9.47 Å². The molecule has 3 rings (SSSR count). The standard InChI is InChI=1S/C28H36NO4/c1-2-18-29(19-24-12-6-3-7-13-24,20-25(30)22-32-27-14-8-4-9-15-27)21-26(31)23-33-28-16-10-5-11-17-28/h3-17,25-26,30-31H,2,18-23H2,1H3/q+1/t25-,26-/m0/s1. The molecule has 0 radical (unpaired) electrons. The number of ether oxygens (including phenoxy) is 2. The van der Waals surface area contributed by atoms with Crippen molar-refractivity contribution in [3.63, 3.8) is 0 Å². The number of para-hydroxylation sites is 2. The zero-order valence-corrected chi connectivity index (χ0v) is 19.4. The second-order valence-electron chi connectivity index (χ2n) is 8.63. The van der Waals surface area contributed by atoms with Gasteiger partial charge in [-0.05, 0) is 30.7 Å². The molecule has 2 N–H and O–H groups in total. The van der Waals surface area contributed by atoms with E-state index in [0.29, 0.717) is 17.6 Å². The van der Waals surface area contributed by atoms with Gasteiger partial charge < -0.3 is 24.2 Å². The van der Waals surface area contributed by atoms with Crippen molar-refractivity contribution >= 4 is 0 Å². The van der Waals surface area contributed by atoms with Crippen molar-refractivity contribution in [2.75, 3.05) is 32.8 Å². The van der Waals surface area contributed by atoms with Crippen LogP contribution in [0.3, 0.4) is 0 Å². The van der Waals surface area contributed by atoms with Crippen LogP contribution in [0.1, 0.15) is 18.9 Å². The fourth-order valence-corrected chi connectivity index (χ4v) is 4.33. The van der Waals surface area contributed by atoms with Crippen LogP contribution in [0.5, 0.6) is 11.5 Å². The Labute approximate surface area is 197 Å². The highest BCUT2D eigenvalue weighted by molar-refractivity contribution is 5.21. The van der Waals surface area contributed by atoms with Gasteiger partial charge in [0.1, 0.15) is 56.6 Å². The number of nitrogens with zero attached hydrogens (tertiary/aromatic N) is 1. The Morgan fingerprint density at radius 3 is 1.52 bits per heavy atom. The molecular formula is C28H36NO4+. The third-order valence-corrected chi connectivity index (χ3v) is 5.63. The summed E-state index contributed by atoms with van der Waals surface area (Å²) in [5, 5.41) is 21.8. The quantitative estimate of drug-likeness (QED) is 0.360. The van der Waals surface area contributed by atoms with E-state index in [-0.39, 0.29) is 13.2 Å². The van der Waals surface area contributed by atoms with E-state index in [1.807, 2.05) is 78.9 Å². The summed E-state index contributed by atoms with van der Waals surface area (Å²) in [5.41, 5.74) is 1.18. The summed E-state index contributed by atoms with van der Waals surface area (Å²) in [6.45, 7) is 5.07. The fraction of sp³-hybridized carbons (Fsp3) is 0.357. The van der Waals surface area contributed by atoms with Gasteiger partial charge in [0, 0.05) is 5.56 Å². The van der Waals surface area contributed by atoms with E-state index in [1.54, 1.807) is 0 Å². The van der Waals surface area contributed by atoms with Gasteiger partial charge in [-0.25, -0.2) is 0 Å². The third-order valence-electron chi connectivity index (χ3n) is 5.63. The van der Waals surface area contributed by atoms with E-state index in [2.05, 4.69) is 19.1 Å². The van der Waals surface area contributed by atoms with Crippen molar-refractivity contribution in [3.05, 3.63) is 96.6 Å². The van der Waals surface area contributed by atoms with Crippen LogP contribution in [0, 0.1) is 0 Å². The molecule has 0 aliphatic carbocycles. The fourth-order valence-electron chi connectivity index (χ4n) is 4.33. The Morgan fingerprint density at radius 2 is 1.09 bits per heavy atom. The van der Waals surface area contributed by atoms with Crippen molar-refractivity contribution in [1.82, 2.24) is 0 Å². The molecule has 5 heteroatoms. The van der Waals surface area contributed by atoms with Crippen molar-refractivity contribution in [2.24, 2.45) is 0 Å². The number of aliphatic hydroxyl groups excluding tert-OH is 2. The molecule has 0 spiro atoms. The number of rotatable bonds is 14. The number of quaternary nitrogens is 1. The van der Waals surface area contributed by atoms with Crippen LogP contribution in [-0.2, 0) is 6.54 Å². The van der Waals surface area contributed by atoms with Gasteiger partial charge in [-0.15, -0.1) is 0 Å². The number of hydrogen-bond donors (Lipinski definition) is 2. The molecule has 3 aromatic rings. The van der Waals surface area contributed by atoms with Gasteiger partial charge in [0.05, 0.1) is 6.54 Å². The molecule has 0 fully saturated rings. The first-order chi connectivity index (χ1) is 16.1. The Bertz CT molecular complexity index is 853. The second kappa shape index (κ2) is 13.0. The number of hydrogen-bond acceptors (Lipinski definition) is 4. The number of benzene rings is 3. The van der Waals surface area contributed by atoms with E-state index in [9.17, 15) is 10.2 Å². The van der Waals surface area contributed by atoms with Crippen molar-refractivity contribution in [3.8, 4) is 11.5 Å². The highest BCUT2D eigenvalue weighted by Crippen LogP contribution is 2.20. The lowest BCUT2D eigenvalue weighted by Crippen LogP contribution is -2.57. The highest BCUT2D eigenvalue weighted by Gasteiger charge is 2.33. The molecule has 0 heterocycles. The van der Waals surface area contributed by atoms with Crippen molar-refractivity contribution in [2.45, 2.75) is 32.1 Å². The molecule has 0 aliphatic rings. The van der Waals surface area contributed by atoms with Crippen molar-refractivity contribution < 1.29 is 24.2 Å². The monoisotopic (exact) mass is 450 g/mol. The molecule has 0 aliphatic heterocycles. The molecule has 0 amide bonds. The minimum atomic E-state index is -0.664. The first-order valence-electron chi connectivity index (χ1n) is 11.7. The Kier molecular flexibility index (Phi) is 9.76. The first-order valence-corrected chi connectivity index (χ1v) is 11.7. The molecule has 0 unspecified atom stereocenters. The second-order valence-corrected chi connectivity index (χ2v) is 8.63. The van der Waals surface area contributed by atoms with Gasteiger partial charge in [-0.3, -0.25) is 0 Å². The average molecular weight is 451 g/mol. The molecule has 0 saturated carbocycles. The lowest BCUT2D eigenvalue weighted by atomic mass is 10.1. The maximum Gasteiger partial charge on any atom is 0.137 e. The summed E-state index contributed by atoms with van der Waals surface area (Å²) in [6.07, 6.45) is -0.392. The minimum absolute atomic E-state index is 0.207. The zero-order valence-electron chi connectivity index (χ0n) is 19.4. The maximum atomic E-state index is 10.9. The summed E-state index contributed by atoms with van der Waals surface area (Å²) in [5.74, 6) is 1.48. The summed E-state index contributed by atoms with van der Waals surface area (Å²) in [6, 6.07) is 29.3. The van der Waals surface area contributed by atoms with E-state index >= 15 is 0 Å². The van der Waals surface area contributed by atoms with Gasteiger partial charge >= 0.3 is 0 Å². The molecular weight excluding hydrogens is 414 g/mol. The predicted octanol–water partition coefficient (Wildman–Crippen LogP) is 4.29. The van der Waals surface area contributed by atoms with E-state index in [0.717, 1.165) is 31.0 Å². The molecule has 176 valence electrons. The van der Waals surface area contributed by atoms with Crippen LogP contribution < -0.4 is 9.47 Å². The smallest absolute Gasteiger partial charge is 0.137 e. The SMILES string of the molecule is CCC[N+](Cc1ccccc1)(C[C@H](O)COc1ccccc1)C[C@H](O)COc1ccccc1. The Balaban J connectivity index is 1.70. The lowest BCUT2D eigenvalue weighted by Gasteiger charge is -2.41. The van der Waals surface area contributed by atoms with Gasteiger partial charge in [-0.1, -0.05) is 73.7 Å². The minimum Gasteiger partial charge on any atom is -0.491 e. The van der Waals surface area contributed by atoms with Gasteiger partial charge in [0.2, 0.25) is 0 Å².